The highest BCUT2D eigenvalue weighted by atomic mass is 19.4. The van der Waals surface area contributed by atoms with Gasteiger partial charge in [-0.25, -0.2) is 14.3 Å². The van der Waals surface area contributed by atoms with Gasteiger partial charge in [0.2, 0.25) is 5.88 Å². The number of halogens is 3. The van der Waals surface area contributed by atoms with Gasteiger partial charge in [0.15, 0.2) is 0 Å². The van der Waals surface area contributed by atoms with Gasteiger partial charge in [0.1, 0.15) is 17.2 Å². The van der Waals surface area contributed by atoms with Crippen LogP contribution in [0.15, 0.2) is 48.5 Å². The Labute approximate surface area is 253 Å². The zero-order chi connectivity index (χ0) is 32.1. The topological polar surface area (TPSA) is 116 Å². The second-order valence-corrected chi connectivity index (χ2v) is 11.3. The SMILES string of the molecule is COCc1ccc(OC(F)(F)F)c(CNC(=O)Nc2c(C)c(OCC3CN(C(=O)OC(C)(C)C)C3)nn2-c2ccccc2)c1. The molecule has 0 aliphatic carbocycles. The fourth-order valence-corrected chi connectivity index (χ4v) is 4.44. The molecule has 3 aromatic rings. The predicted molar refractivity (Wildman–Crippen MR) is 155 cm³/mol. The third kappa shape index (κ3) is 8.78. The van der Waals surface area contributed by atoms with Crippen LogP contribution in [0.3, 0.4) is 0 Å². The number of alkyl halides is 3. The molecule has 3 amide bonds. The van der Waals surface area contributed by atoms with E-state index in [2.05, 4.69) is 20.5 Å². The van der Waals surface area contributed by atoms with E-state index in [1.807, 2.05) is 39.0 Å². The maximum Gasteiger partial charge on any atom is 0.573 e. The maximum absolute atomic E-state index is 13.0. The largest absolute Gasteiger partial charge is 0.573 e. The van der Waals surface area contributed by atoms with Crippen LogP contribution in [0, 0.1) is 12.8 Å². The Balaban J connectivity index is 1.45. The van der Waals surface area contributed by atoms with E-state index in [1.54, 1.807) is 24.0 Å². The summed E-state index contributed by atoms with van der Waals surface area (Å²) in [6, 6.07) is 12.5. The van der Waals surface area contributed by atoms with Crippen LogP contribution in [0.2, 0.25) is 0 Å². The van der Waals surface area contributed by atoms with Crippen molar-refractivity contribution in [1.29, 1.82) is 0 Å². The Morgan fingerprint density at radius 3 is 2.41 bits per heavy atom. The summed E-state index contributed by atoms with van der Waals surface area (Å²) in [5.74, 6) is 0.242. The van der Waals surface area contributed by atoms with Crippen LogP contribution in [-0.2, 0) is 22.6 Å². The Morgan fingerprint density at radius 1 is 1.07 bits per heavy atom. The molecule has 2 heterocycles. The zero-order valence-electron chi connectivity index (χ0n) is 25.2. The van der Waals surface area contributed by atoms with E-state index in [0.29, 0.717) is 35.7 Å². The van der Waals surface area contributed by atoms with E-state index in [9.17, 15) is 22.8 Å². The Hall–Kier alpha value is -4.46. The number of amides is 3. The highest BCUT2D eigenvalue weighted by Crippen LogP contribution is 2.30. The minimum Gasteiger partial charge on any atom is -0.476 e. The van der Waals surface area contributed by atoms with Gasteiger partial charge < -0.3 is 29.2 Å². The lowest BCUT2D eigenvalue weighted by molar-refractivity contribution is -0.274. The van der Waals surface area contributed by atoms with Gasteiger partial charge in [0.05, 0.1) is 24.5 Å². The van der Waals surface area contributed by atoms with E-state index in [1.165, 1.54) is 30.0 Å². The molecule has 238 valence electrons. The summed E-state index contributed by atoms with van der Waals surface area (Å²) >= 11 is 0. The van der Waals surface area contributed by atoms with Crippen LogP contribution in [-0.4, -0.2) is 65.6 Å². The van der Waals surface area contributed by atoms with Crippen LogP contribution in [0.1, 0.15) is 37.5 Å². The number of benzene rings is 2. The molecular weight excluding hydrogens is 583 g/mol. The number of anilines is 1. The van der Waals surface area contributed by atoms with Gasteiger partial charge in [-0.15, -0.1) is 18.3 Å². The summed E-state index contributed by atoms with van der Waals surface area (Å²) in [5, 5.41) is 9.90. The minimum absolute atomic E-state index is 0.0745. The molecule has 0 bridgehead atoms. The highest BCUT2D eigenvalue weighted by molar-refractivity contribution is 5.89. The van der Waals surface area contributed by atoms with Crippen molar-refractivity contribution < 1.29 is 41.7 Å². The number of carbonyl (C=O) groups is 2. The number of para-hydroxylation sites is 1. The van der Waals surface area contributed by atoms with Crippen molar-refractivity contribution in [2.24, 2.45) is 5.92 Å². The number of nitrogens with zero attached hydrogens (tertiary/aromatic N) is 3. The van der Waals surface area contributed by atoms with Crippen molar-refractivity contribution in [3.63, 3.8) is 0 Å². The lowest BCUT2D eigenvalue weighted by Gasteiger charge is -2.39. The van der Waals surface area contributed by atoms with Gasteiger partial charge in [-0.3, -0.25) is 5.32 Å². The molecule has 14 heteroatoms. The number of hydrogen-bond acceptors (Lipinski definition) is 7. The zero-order valence-corrected chi connectivity index (χ0v) is 25.2. The van der Waals surface area contributed by atoms with Crippen molar-refractivity contribution in [2.75, 3.05) is 32.1 Å². The minimum atomic E-state index is -4.90. The van der Waals surface area contributed by atoms with Gasteiger partial charge in [-0.2, -0.15) is 0 Å². The monoisotopic (exact) mass is 619 g/mol. The molecule has 1 aliphatic rings. The van der Waals surface area contributed by atoms with Crippen molar-refractivity contribution in [3.05, 3.63) is 65.2 Å². The predicted octanol–water partition coefficient (Wildman–Crippen LogP) is 5.79. The van der Waals surface area contributed by atoms with Gasteiger partial charge >= 0.3 is 18.5 Å². The van der Waals surface area contributed by atoms with E-state index in [4.69, 9.17) is 14.2 Å². The first kappa shape index (κ1) is 32.5. The summed E-state index contributed by atoms with van der Waals surface area (Å²) in [6.07, 6.45) is -5.28. The fraction of sp³-hybridized carbons (Fsp3) is 0.433. The van der Waals surface area contributed by atoms with E-state index in [0.717, 1.165) is 0 Å². The first-order valence-electron chi connectivity index (χ1n) is 13.9. The molecule has 11 nitrogen and oxygen atoms in total. The highest BCUT2D eigenvalue weighted by Gasteiger charge is 2.35. The summed E-state index contributed by atoms with van der Waals surface area (Å²) in [4.78, 5) is 26.8. The van der Waals surface area contributed by atoms with Gasteiger partial charge in [-0.1, -0.05) is 24.3 Å². The average molecular weight is 620 g/mol. The Morgan fingerprint density at radius 2 is 1.77 bits per heavy atom. The molecule has 44 heavy (non-hydrogen) atoms. The maximum atomic E-state index is 13.0. The molecule has 0 atom stereocenters. The molecule has 1 fully saturated rings. The summed E-state index contributed by atoms with van der Waals surface area (Å²) < 4.78 is 61.0. The van der Waals surface area contributed by atoms with Gasteiger partial charge in [0.25, 0.3) is 0 Å². The second-order valence-electron chi connectivity index (χ2n) is 11.3. The number of carbonyl (C=O) groups excluding carboxylic acids is 2. The normalized spacial score (nSPS) is 13.7. The second kappa shape index (κ2) is 13.5. The summed E-state index contributed by atoms with van der Waals surface area (Å²) in [7, 11) is 1.46. The van der Waals surface area contributed by atoms with Crippen LogP contribution in [0.5, 0.6) is 11.6 Å². The van der Waals surface area contributed by atoms with Crippen molar-refractivity contribution >= 4 is 17.9 Å². The molecule has 2 N–H and O–H groups in total. The van der Waals surface area contributed by atoms with Crippen LogP contribution in [0.25, 0.3) is 5.69 Å². The summed E-state index contributed by atoms with van der Waals surface area (Å²) in [6.45, 7) is 8.32. The van der Waals surface area contributed by atoms with Crippen LogP contribution >= 0.6 is 0 Å². The Kier molecular flexibility index (Phi) is 9.92. The van der Waals surface area contributed by atoms with Gasteiger partial charge in [-0.05, 0) is 57.5 Å². The molecule has 1 aliphatic heterocycles. The first-order valence-corrected chi connectivity index (χ1v) is 13.9. The molecule has 4 rings (SSSR count). The quantitative estimate of drug-likeness (QED) is 0.295. The lowest BCUT2D eigenvalue weighted by atomic mass is 10.0. The number of nitrogens with one attached hydrogen (secondary N) is 2. The molecule has 0 spiro atoms. The van der Waals surface area contributed by atoms with Crippen molar-refractivity contribution in [3.8, 4) is 17.3 Å². The number of aromatic nitrogens is 2. The van der Waals surface area contributed by atoms with E-state index >= 15 is 0 Å². The molecule has 0 saturated carbocycles. The van der Waals surface area contributed by atoms with Crippen LogP contribution < -0.4 is 20.1 Å². The van der Waals surface area contributed by atoms with E-state index < -0.39 is 23.7 Å². The smallest absolute Gasteiger partial charge is 0.476 e. The number of ether oxygens (including phenoxy) is 4. The number of rotatable bonds is 10. The average Bonchev–Trinajstić information content (AvgIpc) is 3.21. The number of methoxy groups -OCH3 is 1. The molecular formula is C30H36F3N5O6. The molecule has 0 unspecified atom stereocenters. The standard InChI is InChI=1S/C30H36F3N5O6/c1-19-25(35-27(39)34-14-22-13-20(17-41-5)11-12-24(22)43-30(31,32)33)38(23-9-7-6-8-10-23)36-26(19)42-18-21-15-37(16-21)28(40)44-29(2,3)4/h6-13,21H,14-18H2,1-5H3,(H2,34,35,39). The molecule has 0 radical (unpaired) electrons. The molecule has 2 aromatic carbocycles. The van der Waals surface area contributed by atoms with Crippen molar-refractivity contribution in [2.45, 2.75) is 52.8 Å². The first-order chi connectivity index (χ1) is 20.7. The van der Waals surface area contributed by atoms with Crippen LogP contribution in [0.4, 0.5) is 28.6 Å². The summed E-state index contributed by atoms with van der Waals surface area (Å²) in [5.41, 5.74) is 1.33. The van der Waals surface area contributed by atoms with E-state index in [-0.39, 0.29) is 43.2 Å². The number of likely N-dealkylation sites (tertiary alicyclic amines) is 1. The van der Waals surface area contributed by atoms with Gasteiger partial charge in [0, 0.05) is 38.2 Å². The number of hydrogen-bond donors (Lipinski definition) is 2. The fourth-order valence-electron chi connectivity index (χ4n) is 4.44. The Bertz CT molecular complexity index is 1450. The molecule has 1 aromatic heterocycles. The third-order valence-corrected chi connectivity index (χ3v) is 6.48. The third-order valence-electron chi connectivity index (χ3n) is 6.48. The number of urea groups is 1. The van der Waals surface area contributed by atoms with Crippen molar-refractivity contribution in [1.82, 2.24) is 20.0 Å². The lowest BCUT2D eigenvalue weighted by Crippen LogP contribution is -2.53. The molecule has 1 saturated heterocycles.